The number of piperidine rings is 1. The summed E-state index contributed by atoms with van der Waals surface area (Å²) in [6.07, 6.45) is 2.15. The Morgan fingerprint density at radius 3 is 2.44 bits per heavy atom. The number of nitriles is 1. The van der Waals surface area contributed by atoms with E-state index in [0.29, 0.717) is 49.1 Å². The number of fused-ring (bicyclic) bond motifs is 4. The summed E-state index contributed by atoms with van der Waals surface area (Å²) < 4.78 is 24.8. The van der Waals surface area contributed by atoms with E-state index in [1.807, 2.05) is 18.2 Å². The smallest absolute Gasteiger partial charge is 0.195 e. The normalized spacial score (nSPS) is 18.9. The molecule has 1 aromatic heterocycles. The molecule has 2 aromatic carbocycles. The molecular weight excluding hydrogens is 544 g/mol. The molecule has 0 amide bonds. The third-order valence-electron chi connectivity index (χ3n) is 9.46. The van der Waals surface area contributed by atoms with Crippen LogP contribution in [0.2, 0.25) is 0 Å². The molecule has 2 aliphatic heterocycles. The van der Waals surface area contributed by atoms with Crippen LogP contribution < -0.4 is 9.64 Å². The van der Waals surface area contributed by atoms with Gasteiger partial charge in [-0.3, -0.25) is 9.69 Å². The summed E-state index contributed by atoms with van der Waals surface area (Å²) in [4.78, 5) is 19.4. The molecule has 9 heteroatoms. The average molecular weight is 587 g/mol. The molecule has 43 heavy (non-hydrogen) atoms. The minimum atomic E-state index is -0.482. The molecule has 0 saturated carbocycles. The van der Waals surface area contributed by atoms with E-state index in [2.05, 4.69) is 40.3 Å². The highest BCUT2D eigenvalue weighted by Crippen LogP contribution is 2.48. The maximum absolute atomic E-state index is 14.4. The van der Waals surface area contributed by atoms with Crippen molar-refractivity contribution in [3.63, 3.8) is 0 Å². The first-order chi connectivity index (χ1) is 20.9. The Labute approximate surface area is 253 Å². The summed E-state index contributed by atoms with van der Waals surface area (Å²) in [5, 5.41) is 10.5. The summed E-state index contributed by atoms with van der Waals surface area (Å²) in [6, 6.07) is 12.6. The van der Waals surface area contributed by atoms with Gasteiger partial charge in [-0.05, 0) is 42.7 Å². The van der Waals surface area contributed by atoms with Gasteiger partial charge in [0.15, 0.2) is 5.78 Å². The molecule has 0 unspecified atom stereocenters. The molecule has 0 atom stereocenters. The zero-order valence-electron chi connectivity index (χ0n) is 25.8. The van der Waals surface area contributed by atoms with Crippen molar-refractivity contribution in [1.29, 1.82) is 5.26 Å². The summed E-state index contributed by atoms with van der Waals surface area (Å²) in [7, 11) is 3.35. The lowest BCUT2D eigenvalue weighted by molar-refractivity contribution is 0.0115. The SMILES string of the molecule is COCCOc1cc2c(cc1N1CCC(N3CCOCC3)CC1)C(C)(C)c1c(c3ccc(C#N)cc3n1CCOC)C2=O. The summed E-state index contributed by atoms with van der Waals surface area (Å²) in [6.45, 7) is 11.8. The Bertz CT molecular complexity index is 1540. The average Bonchev–Trinajstić information content (AvgIpc) is 3.37. The molecule has 9 nitrogen and oxygen atoms in total. The van der Waals surface area contributed by atoms with Crippen LogP contribution in [0.25, 0.3) is 10.9 Å². The number of aromatic nitrogens is 1. The van der Waals surface area contributed by atoms with Crippen LogP contribution in [0, 0.1) is 11.3 Å². The molecule has 0 radical (unpaired) electrons. The molecule has 2 saturated heterocycles. The fourth-order valence-electron chi connectivity index (χ4n) is 7.26. The van der Waals surface area contributed by atoms with E-state index in [0.717, 1.165) is 85.8 Å². The van der Waals surface area contributed by atoms with Gasteiger partial charge in [0.1, 0.15) is 12.4 Å². The van der Waals surface area contributed by atoms with Gasteiger partial charge in [0.25, 0.3) is 0 Å². The number of hydrogen-bond donors (Lipinski definition) is 0. The van der Waals surface area contributed by atoms with Gasteiger partial charge >= 0.3 is 0 Å². The second kappa shape index (κ2) is 12.3. The Balaban J connectivity index is 1.43. The van der Waals surface area contributed by atoms with E-state index in [-0.39, 0.29) is 5.78 Å². The van der Waals surface area contributed by atoms with Crippen LogP contribution in [0.15, 0.2) is 30.3 Å². The van der Waals surface area contributed by atoms with Crippen molar-refractivity contribution in [2.24, 2.45) is 0 Å². The lowest BCUT2D eigenvalue weighted by atomic mass is 9.70. The van der Waals surface area contributed by atoms with E-state index in [1.54, 1.807) is 20.3 Å². The van der Waals surface area contributed by atoms with Crippen molar-refractivity contribution in [1.82, 2.24) is 9.47 Å². The first-order valence-corrected chi connectivity index (χ1v) is 15.4. The first-order valence-electron chi connectivity index (χ1n) is 15.4. The zero-order valence-corrected chi connectivity index (χ0v) is 25.8. The predicted molar refractivity (Wildman–Crippen MR) is 166 cm³/mol. The van der Waals surface area contributed by atoms with Gasteiger partial charge in [-0.15, -0.1) is 0 Å². The van der Waals surface area contributed by atoms with Crippen molar-refractivity contribution in [3.8, 4) is 11.8 Å². The third-order valence-corrected chi connectivity index (χ3v) is 9.46. The summed E-state index contributed by atoms with van der Waals surface area (Å²) in [5.41, 5.74) is 5.35. The van der Waals surface area contributed by atoms with Gasteiger partial charge in [0.05, 0.1) is 54.8 Å². The number of nitrogens with zero attached hydrogens (tertiary/aromatic N) is 4. The number of anilines is 1. The van der Waals surface area contributed by atoms with Crippen LogP contribution in [-0.4, -0.2) is 94.7 Å². The van der Waals surface area contributed by atoms with Crippen molar-refractivity contribution in [3.05, 3.63) is 58.3 Å². The Hall–Kier alpha value is -3.42. The van der Waals surface area contributed by atoms with Crippen molar-refractivity contribution >= 4 is 22.4 Å². The van der Waals surface area contributed by atoms with E-state index in [9.17, 15) is 10.1 Å². The van der Waals surface area contributed by atoms with Gasteiger partial charge in [-0.25, -0.2) is 0 Å². The molecule has 0 spiro atoms. The van der Waals surface area contributed by atoms with E-state index < -0.39 is 5.41 Å². The fourth-order valence-corrected chi connectivity index (χ4v) is 7.26. The van der Waals surface area contributed by atoms with Gasteiger partial charge < -0.3 is 28.4 Å². The van der Waals surface area contributed by atoms with Crippen LogP contribution in [0.1, 0.15) is 59.4 Å². The number of carbonyl (C=O) groups excluding carboxylic acids is 1. The van der Waals surface area contributed by atoms with Crippen LogP contribution in [0.5, 0.6) is 5.75 Å². The van der Waals surface area contributed by atoms with Crippen LogP contribution in [0.4, 0.5) is 5.69 Å². The fraction of sp³-hybridized carbons (Fsp3) is 0.529. The lowest BCUT2D eigenvalue weighted by Gasteiger charge is -2.42. The van der Waals surface area contributed by atoms with Gasteiger partial charge in [0, 0.05) is 75.0 Å². The molecular formula is C34H42N4O5. The molecule has 3 aromatic rings. The number of rotatable bonds is 9. The van der Waals surface area contributed by atoms with Gasteiger partial charge in [-0.2, -0.15) is 5.26 Å². The van der Waals surface area contributed by atoms with Crippen LogP contribution in [-0.2, 0) is 26.2 Å². The highest BCUT2D eigenvalue weighted by Gasteiger charge is 2.43. The number of ether oxygens (including phenoxy) is 4. The number of ketones is 1. The van der Waals surface area contributed by atoms with Crippen LogP contribution >= 0.6 is 0 Å². The van der Waals surface area contributed by atoms with Crippen LogP contribution in [0.3, 0.4) is 0 Å². The third kappa shape index (κ3) is 5.31. The molecule has 3 aliphatic rings. The monoisotopic (exact) mass is 586 g/mol. The maximum atomic E-state index is 14.4. The first kappa shape index (κ1) is 29.6. The number of morpholine rings is 1. The van der Waals surface area contributed by atoms with Crippen molar-refractivity contribution in [2.45, 2.75) is 44.7 Å². The molecule has 228 valence electrons. The minimum absolute atomic E-state index is 0.00985. The zero-order chi connectivity index (χ0) is 30.1. The van der Waals surface area contributed by atoms with E-state index >= 15 is 0 Å². The minimum Gasteiger partial charge on any atom is -0.489 e. The molecule has 2 fully saturated rings. The van der Waals surface area contributed by atoms with Crippen molar-refractivity contribution in [2.75, 3.05) is 78.3 Å². The Morgan fingerprint density at radius 1 is 1.00 bits per heavy atom. The topological polar surface area (TPSA) is 89.2 Å². The summed E-state index contributed by atoms with van der Waals surface area (Å²) >= 11 is 0. The molecule has 3 heterocycles. The molecule has 6 rings (SSSR count). The number of methoxy groups -OCH3 is 2. The molecule has 1 aliphatic carbocycles. The molecule has 0 N–H and O–H groups in total. The Morgan fingerprint density at radius 2 is 1.74 bits per heavy atom. The van der Waals surface area contributed by atoms with Gasteiger partial charge in [0.2, 0.25) is 0 Å². The van der Waals surface area contributed by atoms with E-state index in [1.165, 1.54) is 0 Å². The van der Waals surface area contributed by atoms with E-state index in [4.69, 9.17) is 18.9 Å². The highest BCUT2D eigenvalue weighted by atomic mass is 16.5. The number of carbonyl (C=O) groups is 1. The quantitative estimate of drug-likeness (QED) is 0.342. The summed E-state index contributed by atoms with van der Waals surface area (Å²) in [5.74, 6) is 0.715. The number of hydrogen-bond acceptors (Lipinski definition) is 8. The number of benzene rings is 2. The maximum Gasteiger partial charge on any atom is 0.195 e. The second-order valence-electron chi connectivity index (χ2n) is 12.2. The standard InChI is InChI=1S/C34H42N4O5/c1-34(2)27-21-29(37-9-7-24(8-10-37)36-11-15-42-16-12-36)30(43-18-17-41-4)20-26(27)32(39)31-25-6-5-23(22-35)19-28(25)38(33(31)34)13-14-40-3/h5-6,19-21,24H,7-18H2,1-4H3. The second-order valence-corrected chi connectivity index (χ2v) is 12.2. The largest absolute Gasteiger partial charge is 0.489 e. The molecule has 0 bridgehead atoms. The highest BCUT2D eigenvalue weighted by molar-refractivity contribution is 6.20. The van der Waals surface area contributed by atoms with Gasteiger partial charge in [-0.1, -0.05) is 19.9 Å². The van der Waals surface area contributed by atoms with Crippen molar-refractivity contribution < 1.29 is 23.7 Å². The predicted octanol–water partition coefficient (Wildman–Crippen LogP) is 4.36. The Kier molecular flexibility index (Phi) is 8.47. The lowest BCUT2D eigenvalue weighted by Crippen LogP contribution is -2.49.